The minimum absolute atomic E-state index is 0.204. The molecule has 1 amide bonds. The summed E-state index contributed by atoms with van der Waals surface area (Å²) >= 11 is 0. The predicted octanol–water partition coefficient (Wildman–Crippen LogP) is 4.62. The molecule has 2 nitrogen and oxygen atoms in total. The van der Waals surface area contributed by atoms with Gasteiger partial charge in [0.2, 0.25) is 5.91 Å². The van der Waals surface area contributed by atoms with E-state index in [9.17, 15) is 4.79 Å². The van der Waals surface area contributed by atoms with E-state index < -0.39 is 16.3 Å². The lowest BCUT2D eigenvalue weighted by Gasteiger charge is -2.40. The van der Waals surface area contributed by atoms with Gasteiger partial charge in [-0.3, -0.25) is 4.79 Å². The van der Waals surface area contributed by atoms with Gasteiger partial charge in [0.05, 0.1) is 8.07 Å². The predicted molar refractivity (Wildman–Crippen MR) is 87.3 cm³/mol. The Labute approximate surface area is 116 Å². The molecular weight excluding hydrogens is 254 g/mol. The maximum atomic E-state index is 12.3. The van der Waals surface area contributed by atoms with Crippen LogP contribution in [0.2, 0.25) is 42.3 Å². The number of nitrogens with one attached hydrogen (secondary N) is 1. The van der Waals surface area contributed by atoms with Gasteiger partial charge in [0.25, 0.3) is 0 Å². The zero-order valence-electron chi connectivity index (χ0n) is 14.1. The summed E-state index contributed by atoms with van der Waals surface area (Å²) in [5.41, 5.74) is 0. The van der Waals surface area contributed by atoms with Crippen LogP contribution in [0, 0.1) is 0 Å². The molecule has 0 aliphatic rings. The van der Waals surface area contributed by atoms with Crippen LogP contribution in [0.1, 0.15) is 41.5 Å². The van der Waals surface area contributed by atoms with Gasteiger partial charge >= 0.3 is 0 Å². The fraction of sp³-hybridized carbons (Fsp3) is 0.929. The first-order valence-electron chi connectivity index (χ1n) is 6.91. The lowest BCUT2D eigenvalue weighted by Crippen LogP contribution is -2.56. The van der Waals surface area contributed by atoms with E-state index in [0.29, 0.717) is 0 Å². The van der Waals surface area contributed by atoms with Crippen LogP contribution in [-0.2, 0) is 4.79 Å². The Bertz CT molecular complexity index is 279. The van der Waals surface area contributed by atoms with Gasteiger partial charge in [-0.05, 0) is 10.1 Å². The van der Waals surface area contributed by atoms with Crippen LogP contribution in [0.25, 0.3) is 0 Å². The smallest absolute Gasteiger partial charge is 0.209 e. The van der Waals surface area contributed by atoms with Crippen molar-refractivity contribution in [3.05, 3.63) is 0 Å². The second-order valence-electron chi connectivity index (χ2n) is 8.73. The SMILES string of the molecule is CC(C)(C)[Si](C)(C)CC(=O)N[Si](C)(C)C(C)(C)C. The first-order valence-corrected chi connectivity index (χ1v) is 13.1. The van der Waals surface area contributed by atoms with Crippen LogP contribution in [0.4, 0.5) is 0 Å². The molecule has 0 aliphatic heterocycles. The highest BCUT2D eigenvalue weighted by Crippen LogP contribution is 2.39. The zero-order chi connectivity index (χ0) is 15.0. The second kappa shape index (κ2) is 5.12. The summed E-state index contributed by atoms with van der Waals surface area (Å²) < 4.78 is 0. The fourth-order valence-corrected chi connectivity index (χ4v) is 4.01. The molecule has 0 rings (SSSR count). The summed E-state index contributed by atoms with van der Waals surface area (Å²) in [6, 6.07) is 0.739. The van der Waals surface area contributed by atoms with Crippen LogP contribution in [-0.4, -0.2) is 22.2 Å². The Morgan fingerprint density at radius 2 is 1.28 bits per heavy atom. The van der Waals surface area contributed by atoms with E-state index in [2.05, 4.69) is 72.7 Å². The minimum Gasteiger partial charge on any atom is -0.382 e. The van der Waals surface area contributed by atoms with Gasteiger partial charge in [-0.1, -0.05) is 67.7 Å². The molecule has 0 spiro atoms. The van der Waals surface area contributed by atoms with Crippen molar-refractivity contribution in [2.75, 3.05) is 0 Å². The summed E-state index contributed by atoms with van der Waals surface area (Å²) in [4.78, 5) is 15.7. The third-order valence-electron chi connectivity index (χ3n) is 4.96. The topological polar surface area (TPSA) is 29.1 Å². The van der Waals surface area contributed by atoms with Gasteiger partial charge in [-0.25, -0.2) is 0 Å². The van der Waals surface area contributed by atoms with Crippen molar-refractivity contribution in [1.82, 2.24) is 4.98 Å². The third kappa shape index (κ3) is 4.54. The highest BCUT2D eigenvalue weighted by molar-refractivity contribution is 6.84. The highest BCUT2D eigenvalue weighted by atomic mass is 28.3. The van der Waals surface area contributed by atoms with E-state index in [1.54, 1.807) is 0 Å². The molecule has 0 atom stereocenters. The molecule has 0 saturated carbocycles. The van der Waals surface area contributed by atoms with Crippen LogP contribution in [0.5, 0.6) is 0 Å². The monoisotopic (exact) mass is 287 g/mol. The number of amides is 1. The molecule has 0 aromatic carbocycles. The fourth-order valence-electron chi connectivity index (χ4n) is 1.25. The quantitative estimate of drug-likeness (QED) is 0.754. The Kier molecular flexibility index (Phi) is 5.09. The number of carbonyl (C=O) groups is 1. The van der Waals surface area contributed by atoms with Gasteiger partial charge in [0.15, 0.2) is 8.24 Å². The van der Waals surface area contributed by atoms with Gasteiger partial charge in [0.1, 0.15) is 0 Å². The molecule has 1 N–H and O–H groups in total. The minimum atomic E-state index is -1.70. The summed E-state index contributed by atoms with van der Waals surface area (Å²) in [6.07, 6.45) is 0. The molecule has 0 aliphatic carbocycles. The molecular formula is C14H33NOSi2. The molecule has 0 saturated heterocycles. The molecule has 0 radical (unpaired) electrons. The average Bonchev–Trinajstić information content (AvgIpc) is 1.95. The Hall–Kier alpha value is -0.0962. The van der Waals surface area contributed by atoms with Crippen molar-refractivity contribution in [2.24, 2.45) is 0 Å². The molecule has 0 aromatic heterocycles. The van der Waals surface area contributed by atoms with Gasteiger partial charge in [-0.2, -0.15) is 0 Å². The first-order chi connectivity index (χ1) is 7.60. The molecule has 0 bridgehead atoms. The summed E-state index contributed by atoms with van der Waals surface area (Å²) in [5, 5.41) is 0.480. The van der Waals surface area contributed by atoms with E-state index in [1.165, 1.54) is 0 Å². The van der Waals surface area contributed by atoms with Crippen molar-refractivity contribution in [3.63, 3.8) is 0 Å². The molecule has 108 valence electrons. The summed E-state index contributed by atoms with van der Waals surface area (Å²) in [6.45, 7) is 22.6. The van der Waals surface area contributed by atoms with Crippen LogP contribution >= 0.6 is 0 Å². The Balaban J connectivity index is 4.75. The lowest BCUT2D eigenvalue weighted by molar-refractivity contribution is -0.117. The van der Waals surface area contributed by atoms with Gasteiger partial charge in [-0.15, -0.1) is 0 Å². The van der Waals surface area contributed by atoms with E-state index in [4.69, 9.17) is 0 Å². The highest BCUT2D eigenvalue weighted by Gasteiger charge is 2.41. The maximum Gasteiger partial charge on any atom is 0.209 e. The van der Waals surface area contributed by atoms with E-state index in [1.807, 2.05) is 0 Å². The normalized spacial score (nSPS) is 14.6. The standard InChI is InChI=1S/C14H33NOSi2/c1-13(2,3)17(7,8)11-12(16)15-18(9,10)14(4,5)6/h11H2,1-10H3,(H,15,16). The summed E-state index contributed by atoms with van der Waals surface area (Å²) in [5.74, 6) is 0.271. The van der Waals surface area contributed by atoms with Crippen molar-refractivity contribution >= 4 is 22.2 Å². The summed E-state index contributed by atoms with van der Waals surface area (Å²) in [7, 11) is -3.22. The largest absolute Gasteiger partial charge is 0.382 e. The van der Waals surface area contributed by atoms with Crippen molar-refractivity contribution in [3.8, 4) is 0 Å². The molecule has 0 heterocycles. The number of hydrogen-bond acceptors (Lipinski definition) is 1. The second-order valence-corrected chi connectivity index (χ2v) is 19.4. The molecule has 18 heavy (non-hydrogen) atoms. The Morgan fingerprint density at radius 3 is 1.56 bits per heavy atom. The molecule has 0 aromatic rings. The Morgan fingerprint density at radius 1 is 0.889 bits per heavy atom. The molecule has 4 heteroatoms. The van der Waals surface area contributed by atoms with E-state index in [-0.39, 0.29) is 16.0 Å². The van der Waals surface area contributed by atoms with Crippen molar-refractivity contribution < 1.29 is 4.79 Å². The van der Waals surface area contributed by atoms with E-state index in [0.717, 1.165) is 6.04 Å². The number of rotatable bonds is 3. The zero-order valence-corrected chi connectivity index (χ0v) is 16.1. The van der Waals surface area contributed by atoms with Crippen LogP contribution in [0.15, 0.2) is 0 Å². The van der Waals surface area contributed by atoms with Crippen molar-refractivity contribution in [2.45, 2.75) is 83.9 Å². The first kappa shape index (κ1) is 17.9. The lowest BCUT2D eigenvalue weighted by atomic mass is 10.2. The van der Waals surface area contributed by atoms with Crippen LogP contribution in [0.3, 0.4) is 0 Å². The average molecular weight is 288 g/mol. The van der Waals surface area contributed by atoms with E-state index >= 15 is 0 Å². The third-order valence-corrected chi connectivity index (χ3v) is 14.9. The number of carbonyl (C=O) groups excluding carboxylic acids is 1. The van der Waals surface area contributed by atoms with Gasteiger partial charge in [0, 0.05) is 6.04 Å². The number of hydrogen-bond donors (Lipinski definition) is 1. The maximum absolute atomic E-state index is 12.3. The van der Waals surface area contributed by atoms with Crippen molar-refractivity contribution in [1.29, 1.82) is 0 Å². The molecule has 0 fully saturated rings. The van der Waals surface area contributed by atoms with Gasteiger partial charge < -0.3 is 4.98 Å². The molecule has 0 unspecified atom stereocenters. The van der Waals surface area contributed by atoms with Crippen LogP contribution < -0.4 is 4.98 Å².